The number of aliphatic carboxylic acids is 1. The number of carboxylic acids is 1. The number of rotatable bonds is 3. The number of aryl methyl sites for hydroxylation is 1. The molecule has 0 amide bonds. The molecule has 1 N–H and O–H groups in total. The van der Waals surface area contributed by atoms with Crippen molar-refractivity contribution >= 4 is 12.0 Å². The van der Waals surface area contributed by atoms with Crippen LogP contribution in [-0.4, -0.2) is 20.6 Å². The molecule has 0 bridgehead atoms. The Labute approximate surface area is 105 Å². The number of carbonyl (C=O) groups is 1. The molecule has 92 valence electrons. The quantitative estimate of drug-likeness (QED) is 0.842. The van der Waals surface area contributed by atoms with E-state index in [0.717, 1.165) is 28.7 Å². The summed E-state index contributed by atoms with van der Waals surface area (Å²) in [5, 5.41) is 8.61. The Morgan fingerprint density at radius 1 is 1.39 bits per heavy atom. The van der Waals surface area contributed by atoms with Gasteiger partial charge in [-0.1, -0.05) is 12.1 Å². The highest BCUT2D eigenvalue weighted by Gasteiger charge is 2.04. The summed E-state index contributed by atoms with van der Waals surface area (Å²) >= 11 is 0. The predicted octanol–water partition coefficient (Wildman–Crippen LogP) is 2.59. The lowest BCUT2D eigenvalue weighted by Gasteiger charge is -2.06. The zero-order valence-electron chi connectivity index (χ0n) is 10.3. The Morgan fingerprint density at radius 2 is 2.17 bits per heavy atom. The van der Waals surface area contributed by atoms with Gasteiger partial charge in [-0.3, -0.25) is 0 Å². The Hall–Kier alpha value is -2.36. The second kappa shape index (κ2) is 4.87. The number of nitrogens with zero attached hydrogens (tertiary/aromatic N) is 2. The van der Waals surface area contributed by atoms with E-state index < -0.39 is 5.97 Å². The maximum Gasteiger partial charge on any atom is 0.328 e. The molecule has 0 aliphatic heterocycles. The molecule has 18 heavy (non-hydrogen) atoms. The number of hydrogen-bond donors (Lipinski definition) is 1. The Bertz CT molecular complexity index is 612. The van der Waals surface area contributed by atoms with Crippen LogP contribution in [0.5, 0.6) is 0 Å². The van der Waals surface area contributed by atoms with E-state index in [4.69, 9.17) is 5.11 Å². The summed E-state index contributed by atoms with van der Waals surface area (Å²) in [5.41, 5.74) is 3.89. The van der Waals surface area contributed by atoms with Crippen molar-refractivity contribution < 1.29 is 9.90 Å². The molecule has 0 radical (unpaired) electrons. The maximum absolute atomic E-state index is 10.5. The lowest BCUT2D eigenvalue weighted by molar-refractivity contribution is -0.131. The highest BCUT2D eigenvalue weighted by atomic mass is 16.4. The first-order valence-corrected chi connectivity index (χ1v) is 5.60. The van der Waals surface area contributed by atoms with Crippen molar-refractivity contribution in [1.29, 1.82) is 0 Å². The van der Waals surface area contributed by atoms with Crippen molar-refractivity contribution in [3.8, 4) is 5.69 Å². The second-order valence-electron chi connectivity index (χ2n) is 4.05. The minimum atomic E-state index is -0.949. The molecular weight excluding hydrogens is 228 g/mol. The van der Waals surface area contributed by atoms with Gasteiger partial charge in [-0.25, -0.2) is 9.78 Å². The fourth-order valence-electron chi connectivity index (χ4n) is 1.70. The second-order valence-corrected chi connectivity index (χ2v) is 4.05. The molecule has 1 heterocycles. The largest absolute Gasteiger partial charge is 0.478 e. The topological polar surface area (TPSA) is 55.1 Å². The third-order valence-electron chi connectivity index (χ3n) is 2.82. The van der Waals surface area contributed by atoms with E-state index in [1.54, 1.807) is 12.4 Å². The van der Waals surface area contributed by atoms with Crippen molar-refractivity contribution in [2.75, 3.05) is 0 Å². The van der Waals surface area contributed by atoms with Crippen LogP contribution in [0.4, 0.5) is 0 Å². The molecule has 0 aliphatic carbocycles. The lowest BCUT2D eigenvalue weighted by atomic mass is 10.2. The molecule has 0 unspecified atom stereocenters. The van der Waals surface area contributed by atoms with Crippen LogP contribution in [0.1, 0.15) is 17.0 Å². The molecule has 4 heteroatoms. The number of carboxylic acid groups (broad SMARTS) is 1. The van der Waals surface area contributed by atoms with Crippen LogP contribution in [0.25, 0.3) is 11.8 Å². The molecule has 4 nitrogen and oxygen atoms in total. The molecule has 2 rings (SSSR count). The van der Waals surface area contributed by atoms with Gasteiger partial charge in [0, 0.05) is 17.5 Å². The van der Waals surface area contributed by atoms with E-state index >= 15 is 0 Å². The smallest absolute Gasteiger partial charge is 0.328 e. The molecule has 0 fully saturated rings. The minimum absolute atomic E-state index is 0.848. The van der Waals surface area contributed by atoms with Gasteiger partial charge < -0.3 is 9.67 Å². The van der Waals surface area contributed by atoms with Gasteiger partial charge >= 0.3 is 5.97 Å². The normalized spacial score (nSPS) is 11.0. The summed E-state index contributed by atoms with van der Waals surface area (Å²) in [6, 6.07) is 7.65. The summed E-state index contributed by atoms with van der Waals surface area (Å²) < 4.78 is 1.98. The predicted molar refractivity (Wildman–Crippen MR) is 69.7 cm³/mol. The van der Waals surface area contributed by atoms with E-state index in [9.17, 15) is 4.79 Å². The average Bonchev–Trinajstić information content (AvgIpc) is 2.68. The molecule has 1 aromatic heterocycles. The summed E-state index contributed by atoms with van der Waals surface area (Å²) in [4.78, 5) is 14.7. The van der Waals surface area contributed by atoms with E-state index in [1.165, 1.54) is 0 Å². The van der Waals surface area contributed by atoms with Crippen molar-refractivity contribution in [3.05, 3.63) is 53.6 Å². The third kappa shape index (κ3) is 2.48. The van der Waals surface area contributed by atoms with Crippen LogP contribution in [0, 0.1) is 13.8 Å². The van der Waals surface area contributed by atoms with Crippen LogP contribution in [0.3, 0.4) is 0 Å². The molecule has 0 aliphatic rings. The van der Waals surface area contributed by atoms with Gasteiger partial charge in [-0.15, -0.1) is 0 Å². The lowest BCUT2D eigenvalue weighted by Crippen LogP contribution is -1.95. The van der Waals surface area contributed by atoms with Gasteiger partial charge in [0.1, 0.15) is 0 Å². The zero-order chi connectivity index (χ0) is 13.1. The summed E-state index contributed by atoms with van der Waals surface area (Å²) in [6.07, 6.45) is 4.47. The third-order valence-corrected chi connectivity index (χ3v) is 2.82. The average molecular weight is 242 g/mol. The van der Waals surface area contributed by atoms with Crippen molar-refractivity contribution in [3.63, 3.8) is 0 Å². The van der Waals surface area contributed by atoms with Crippen LogP contribution < -0.4 is 0 Å². The van der Waals surface area contributed by atoms with Gasteiger partial charge in [0.25, 0.3) is 0 Å². The molecule has 0 spiro atoms. The van der Waals surface area contributed by atoms with Crippen LogP contribution in [0.2, 0.25) is 0 Å². The van der Waals surface area contributed by atoms with Crippen molar-refractivity contribution in [1.82, 2.24) is 9.55 Å². The monoisotopic (exact) mass is 242 g/mol. The fourth-order valence-corrected chi connectivity index (χ4v) is 1.70. The van der Waals surface area contributed by atoms with E-state index in [-0.39, 0.29) is 0 Å². The van der Waals surface area contributed by atoms with Gasteiger partial charge in [-0.2, -0.15) is 0 Å². The number of aromatic nitrogens is 2. The number of imidazole rings is 1. The summed E-state index contributed by atoms with van der Waals surface area (Å²) in [5.74, 6) is -0.949. The summed E-state index contributed by atoms with van der Waals surface area (Å²) in [6.45, 7) is 3.96. The first kappa shape index (κ1) is 12.1. The number of hydrogen-bond acceptors (Lipinski definition) is 2. The molecular formula is C14H14N2O2. The van der Waals surface area contributed by atoms with Gasteiger partial charge in [0.05, 0.1) is 12.0 Å². The van der Waals surface area contributed by atoms with Crippen LogP contribution >= 0.6 is 0 Å². The highest BCUT2D eigenvalue weighted by Crippen LogP contribution is 2.15. The minimum Gasteiger partial charge on any atom is -0.478 e. The molecule has 2 aromatic rings. The van der Waals surface area contributed by atoms with E-state index in [0.29, 0.717) is 0 Å². The maximum atomic E-state index is 10.5. The van der Waals surface area contributed by atoms with Crippen LogP contribution in [0.15, 0.2) is 36.7 Å². The summed E-state index contributed by atoms with van der Waals surface area (Å²) in [7, 11) is 0. The molecule has 0 saturated heterocycles. The van der Waals surface area contributed by atoms with E-state index in [2.05, 4.69) is 4.98 Å². The number of benzene rings is 1. The standard InChI is InChI=1S/C14H14N2O2/c1-10-11(2)16(9-15-10)13-5-3-4-12(8-13)6-7-14(17)18/h3-9H,1-2H3,(H,17,18). The van der Waals surface area contributed by atoms with Crippen LogP contribution in [-0.2, 0) is 4.79 Å². The first-order valence-electron chi connectivity index (χ1n) is 5.60. The van der Waals surface area contributed by atoms with Gasteiger partial charge in [0.15, 0.2) is 0 Å². The molecule has 1 aromatic carbocycles. The SMILES string of the molecule is Cc1ncn(-c2cccc(C=CC(=O)O)c2)c1C. The van der Waals surface area contributed by atoms with Gasteiger partial charge in [-0.05, 0) is 37.6 Å². The molecule has 0 saturated carbocycles. The van der Waals surface area contributed by atoms with E-state index in [1.807, 2.05) is 42.7 Å². The zero-order valence-corrected chi connectivity index (χ0v) is 10.3. The Morgan fingerprint density at radius 3 is 2.78 bits per heavy atom. The first-order chi connectivity index (χ1) is 8.58. The van der Waals surface area contributed by atoms with Crippen molar-refractivity contribution in [2.45, 2.75) is 13.8 Å². The highest BCUT2D eigenvalue weighted by molar-refractivity contribution is 5.85. The molecule has 0 atom stereocenters. The fraction of sp³-hybridized carbons (Fsp3) is 0.143. The van der Waals surface area contributed by atoms with Crippen molar-refractivity contribution in [2.24, 2.45) is 0 Å². The Balaban J connectivity index is 2.38. The Kier molecular flexibility index (Phi) is 3.28. The van der Waals surface area contributed by atoms with Gasteiger partial charge in [0.2, 0.25) is 0 Å².